The highest BCUT2D eigenvalue weighted by Gasteiger charge is 2.25. The molecule has 1 aromatic heterocycles. The summed E-state index contributed by atoms with van der Waals surface area (Å²) in [5.41, 5.74) is 1.10. The molecule has 4 heteroatoms. The predicted octanol–water partition coefficient (Wildman–Crippen LogP) is 0.626. The molecule has 0 aliphatic carbocycles. The summed E-state index contributed by atoms with van der Waals surface area (Å²) in [5.74, 6) is 0. The van der Waals surface area contributed by atoms with Crippen molar-refractivity contribution in [2.24, 2.45) is 0 Å². The first-order valence-corrected chi connectivity index (χ1v) is 6.28. The smallest absolute Gasteiger partial charge is 0.0544 e. The van der Waals surface area contributed by atoms with E-state index < -0.39 is 0 Å². The van der Waals surface area contributed by atoms with Crippen LogP contribution in [0.5, 0.6) is 0 Å². The number of hydrogen-bond acceptors (Lipinski definition) is 4. The van der Waals surface area contributed by atoms with Crippen LogP contribution in [0.15, 0.2) is 24.4 Å². The number of nitrogens with one attached hydrogen (secondary N) is 1. The van der Waals surface area contributed by atoms with E-state index in [1.165, 1.54) is 0 Å². The van der Waals surface area contributed by atoms with Gasteiger partial charge in [0.15, 0.2) is 0 Å². The van der Waals surface area contributed by atoms with Gasteiger partial charge < -0.3 is 10.4 Å². The zero-order valence-electron chi connectivity index (χ0n) is 10.3. The van der Waals surface area contributed by atoms with Gasteiger partial charge in [0.2, 0.25) is 0 Å². The molecule has 1 aliphatic rings. The lowest BCUT2D eigenvalue weighted by atomic mass is 10.1. The summed E-state index contributed by atoms with van der Waals surface area (Å²) in [6.07, 6.45) is 2.66. The van der Waals surface area contributed by atoms with Crippen molar-refractivity contribution in [2.45, 2.75) is 32.0 Å². The Balaban J connectivity index is 1.99. The van der Waals surface area contributed by atoms with Crippen LogP contribution >= 0.6 is 0 Å². The van der Waals surface area contributed by atoms with Crippen molar-refractivity contribution in [3.63, 3.8) is 0 Å². The summed E-state index contributed by atoms with van der Waals surface area (Å²) < 4.78 is 0. The van der Waals surface area contributed by atoms with E-state index in [1.54, 1.807) is 0 Å². The van der Waals surface area contributed by atoms with Gasteiger partial charge in [-0.15, -0.1) is 0 Å². The van der Waals surface area contributed by atoms with Gasteiger partial charge in [0.25, 0.3) is 0 Å². The highest BCUT2D eigenvalue weighted by Crippen LogP contribution is 2.13. The molecule has 1 fully saturated rings. The second kappa shape index (κ2) is 6.10. The molecular weight excluding hydrogens is 214 g/mol. The van der Waals surface area contributed by atoms with Crippen molar-refractivity contribution >= 4 is 0 Å². The molecular formula is C13H21N3O. The number of hydrogen-bond donors (Lipinski definition) is 2. The van der Waals surface area contributed by atoms with Crippen molar-refractivity contribution in [3.05, 3.63) is 30.1 Å². The van der Waals surface area contributed by atoms with E-state index in [0.29, 0.717) is 12.1 Å². The van der Waals surface area contributed by atoms with E-state index in [1.807, 2.05) is 18.3 Å². The zero-order chi connectivity index (χ0) is 12.1. The minimum atomic E-state index is 0.249. The molecule has 0 aromatic carbocycles. The average molecular weight is 235 g/mol. The molecule has 4 nitrogen and oxygen atoms in total. The van der Waals surface area contributed by atoms with E-state index in [0.717, 1.165) is 31.7 Å². The summed E-state index contributed by atoms with van der Waals surface area (Å²) in [4.78, 5) is 6.78. The van der Waals surface area contributed by atoms with Crippen LogP contribution in [0.25, 0.3) is 0 Å². The van der Waals surface area contributed by atoms with Gasteiger partial charge in [0.05, 0.1) is 5.69 Å². The lowest BCUT2D eigenvalue weighted by molar-refractivity contribution is 0.102. The highest BCUT2D eigenvalue weighted by atomic mass is 16.3. The van der Waals surface area contributed by atoms with E-state index in [9.17, 15) is 0 Å². The number of aromatic nitrogens is 1. The number of aliphatic hydroxyl groups is 1. The Morgan fingerprint density at radius 3 is 3.12 bits per heavy atom. The Bertz CT molecular complexity index is 331. The number of nitrogens with zero attached hydrogens (tertiary/aromatic N) is 2. The number of pyridine rings is 1. The largest absolute Gasteiger partial charge is 0.396 e. The van der Waals surface area contributed by atoms with Crippen LogP contribution < -0.4 is 5.32 Å². The van der Waals surface area contributed by atoms with Gasteiger partial charge in [-0.25, -0.2) is 0 Å². The van der Waals surface area contributed by atoms with Crippen LogP contribution in [0.3, 0.4) is 0 Å². The zero-order valence-corrected chi connectivity index (χ0v) is 10.3. The molecule has 2 atom stereocenters. The molecule has 17 heavy (non-hydrogen) atoms. The Kier molecular flexibility index (Phi) is 4.48. The molecule has 1 aliphatic heterocycles. The molecule has 0 spiro atoms. The number of rotatable bonds is 4. The Morgan fingerprint density at radius 2 is 2.41 bits per heavy atom. The molecule has 2 N–H and O–H groups in total. The fourth-order valence-corrected chi connectivity index (χ4v) is 2.36. The molecule has 0 bridgehead atoms. The molecule has 2 unspecified atom stereocenters. The van der Waals surface area contributed by atoms with E-state index in [4.69, 9.17) is 5.11 Å². The van der Waals surface area contributed by atoms with Crippen molar-refractivity contribution < 1.29 is 5.11 Å². The molecule has 0 amide bonds. The standard InChI is InChI=1S/C13H21N3O/c1-11-9-16(13(5-7-17)8-15-11)10-12-4-2-3-6-14-12/h2-4,6,11,13,15,17H,5,7-10H2,1H3. The maximum absolute atomic E-state index is 9.10. The fraction of sp³-hybridized carbons (Fsp3) is 0.615. The van der Waals surface area contributed by atoms with Gasteiger partial charge in [-0.2, -0.15) is 0 Å². The van der Waals surface area contributed by atoms with Crippen LogP contribution in [-0.2, 0) is 6.54 Å². The maximum atomic E-state index is 9.10. The van der Waals surface area contributed by atoms with Crippen LogP contribution in [0.1, 0.15) is 19.0 Å². The summed E-state index contributed by atoms with van der Waals surface area (Å²) in [6, 6.07) is 6.94. The molecule has 1 saturated heterocycles. The lowest BCUT2D eigenvalue weighted by Crippen LogP contribution is -2.55. The van der Waals surface area contributed by atoms with Crippen molar-refractivity contribution in [3.8, 4) is 0 Å². The van der Waals surface area contributed by atoms with Gasteiger partial charge >= 0.3 is 0 Å². The predicted molar refractivity (Wildman–Crippen MR) is 67.6 cm³/mol. The Labute approximate surface area is 103 Å². The summed E-state index contributed by atoms with van der Waals surface area (Å²) in [6.45, 7) is 5.29. The second-order valence-electron chi connectivity index (χ2n) is 4.73. The van der Waals surface area contributed by atoms with Crippen molar-refractivity contribution in [1.82, 2.24) is 15.2 Å². The maximum Gasteiger partial charge on any atom is 0.0544 e. The molecule has 2 heterocycles. The molecule has 0 radical (unpaired) electrons. The van der Waals surface area contributed by atoms with Gasteiger partial charge in [0, 0.05) is 44.5 Å². The third-order valence-corrected chi connectivity index (χ3v) is 3.28. The monoisotopic (exact) mass is 235 g/mol. The lowest BCUT2D eigenvalue weighted by Gasteiger charge is -2.39. The van der Waals surface area contributed by atoms with Crippen molar-refractivity contribution in [1.29, 1.82) is 0 Å². The summed E-state index contributed by atoms with van der Waals surface area (Å²) in [7, 11) is 0. The Morgan fingerprint density at radius 1 is 1.53 bits per heavy atom. The quantitative estimate of drug-likeness (QED) is 0.803. The summed E-state index contributed by atoms with van der Waals surface area (Å²) in [5, 5.41) is 12.6. The van der Waals surface area contributed by atoms with Gasteiger partial charge in [0.1, 0.15) is 0 Å². The minimum Gasteiger partial charge on any atom is -0.396 e. The molecule has 0 saturated carbocycles. The average Bonchev–Trinajstić information content (AvgIpc) is 2.34. The molecule has 2 rings (SSSR count). The van der Waals surface area contributed by atoms with E-state index >= 15 is 0 Å². The van der Waals surface area contributed by atoms with Gasteiger partial charge in [-0.3, -0.25) is 9.88 Å². The SMILES string of the molecule is CC1CN(Cc2ccccn2)C(CCO)CN1. The van der Waals surface area contributed by atoms with Gasteiger partial charge in [-0.1, -0.05) is 6.07 Å². The van der Waals surface area contributed by atoms with Crippen molar-refractivity contribution in [2.75, 3.05) is 19.7 Å². The normalized spacial score (nSPS) is 26.0. The van der Waals surface area contributed by atoms with Crippen LogP contribution in [0, 0.1) is 0 Å². The third kappa shape index (κ3) is 3.49. The van der Waals surface area contributed by atoms with E-state index in [-0.39, 0.29) is 6.61 Å². The van der Waals surface area contributed by atoms with E-state index in [2.05, 4.69) is 28.2 Å². The number of piperazine rings is 1. The first-order chi connectivity index (χ1) is 8.29. The molecule has 1 aromatic rings. The number of aliphatic hydroxyl groups excluding tert-OH is 1. The molecule has 94 valence electrons. The second-order valence-corrected chi connectivity index (χ2v) is 4.73. The minimum absolute atomic E-state index is 0.249. The van der Waals surface area contributed by atoms with Crippen LogP contribution in [0.4, 0.5) is 0 Å². The topological polar surface area (TPSA) is 48.4 Å². The first-order valence-electron chi connectivity index (χ1n) is 6.28. The van der Waals surface area contributed by atoms with Gasteiger partial charge in [-0.05, 0) is 25.5 Å². The fourth-order valence-electron chi connectivity index (χ4n) is 2.36. The Hall–Kier alpha value is -0.970. The third-order valence-electron chi connectivity index (χ3n) is 3.28. The first kappa shape index (κ1) is 12.5. The van der Waals surface area contributed by atoms with Crippen LogP contribution in [0.2, 0.25) is 0 Å². The van der Waals surface area contributed by atoms with Crippen LogP contribution in [-0.4, -0.2) is 46.8 Å². The highest BCUT2D eigenvalue weighted by molar-refractivity contribution is 5.04. The summed E-state index contributed by atoms with van der Waals surface area (Å²) >= 11 is 0.